The van der Waals surface area contributed by atoms with Crippen molar-refractivity contribution in [1.82, 2.24) is 4.98 Å². The maximum Gasteiger partial charge on any atom is 0.301 e. The molecule has 0 amide bonds. The van der Waals surface area contributed by atoms with Crippen LogP contribution in [0.5, 0.6) is 0 Å². The number of halogens is 1. The highest BCUT2D eigenvalue weighted by atomic mass is 35.5. The molecule has 3 rings (SSSR count). The minimum atomic E-state index is -0.405. The Bertz CT molecular complexity index is 820. The highest BCUT2D eigenvalue weighted by Gasteiger charge is 2.15. The molecule has 21 heavy (non-hydrogen) atoms. The third-order valence-corrected chi connectivity index (χ3v) is 5.22. The molecule has 0 aliphatic heterocycles. The number of nitro groups is 1. The smallest absolute Gasteiger partial charge is 0.258 e. The van der Waals surface area contributed by atoms with E-state index < -0.39 is 4.92 Å². The number of rotatable bonds is 4. The van der Waals surface area contributed by atoms with E-state index in [2.05, 4.69) is 10.4 Å². The Morgan fingerprint density at radius 3 is 3.05 bits per heavy atom. The quantitative estimate of drug-likeness (QED) is 0.375. The van der Waals surface area contributed by atoms with Crippen molar-refractivity contribution in [2.24, 2.45) is 0 Å². The minimum absolute atomic E-state index is 0.0417. The largest absolute Gasteiger partial charge is 0.301 e. The Kier molecular flexibility index (Phi) is 4.10. The molecule has 2 aromatic heterocycles. The molecular formula is C14H9ClN2O2S2. The average molecular weight is 337 g/mol. The Balaban J connectivity index is 1.87. The fraction of sp³-hybridized carbons (Fsp3) is 0.0714. The number of nitrogens with zero attached hydrogens (tertiary/aromatic N) is 2. The van der Waals surface area contributed by atoms with Gasteiger partial charge in [-0.15, -0.1) is 11.3 Å². The van der Waals surface area contributed by atoms with Crippen molar-refractivity contribution in [2.45, 2.75) is 10.8 Å². The summed E-state index contributed by atoms with van der Waals surface area (Å²) in [4.78, 5) is 14.7. The topological polar surface area (TPSA) is 56.0 Å². The molecule has 0 aliphatic carbocycles. The normalized spacial score (nSPS) is 10.9. The zero-order chi connectivity index (χ0) is 14.8. The molecule has 0 saturated carbocycles. The molecule has 0 saturated heterocycles. The van der Waals surface area contributed by atoms with Crippen LogP contribution in [0.4, 0.5) is 5.69 Å². The molecule has 0 aliphatic rings. The predicted octanol–water partition coefficient (Wildman–Crippen LogP) is 5.15. The highest BCUT2D eigenvalue weighted by Crippen LogP contribution is 2.34. The van der Waals surface area contributed by atoms with Crippen LogP contribution in [0.25, 0.3) is 10.1 Å². The van der Waals surface area contributed by atoms with Gasteiger partial charge in [-0.2, -0.15) is 0 Å². The third kappa shape index (κ3) is 3.02. The van der Waals surface area contributed by atoms with Gasteiger partial charge in [-0.3, -0.25) is 10.1 Å². The number of thiophene rings is 1. The van der Waals surface area contributed by atoms with E-state index in [0.29, 0.717) is 15.8 Å². The summed E-state index contributed by atoms with van der Waals surface area (Å²) in [6, 6.07) is 8.82. The van der Waals surface area contributed by atoms with Crippen LogP contribution in [0.15, 0.2) is 46.9 Å². The van der Waals surface area contributed by atoms with Crippen LogP contribution in [0.3, 0.4) is 0 Å². The lowest BCUT2D eigenvalue weighted by Crippen LogP contribution is -1.93. The number of hydrogen-bond donors (Lipinski definition) is 0. The molecule has 0 N–H and O–H groups in total. The molecule has 4 nitrogen and oxygen atoms in total. The van der Waals surface area contributed by atoms with Crippen LogP contribution in [0.1, 0.15) is 5.56 Å². The zero-order valence-electron chi connectivity index (χ0n) is 10.7. The van der Waals surface area contributed by atoms with Gasteiger partial charge in [-0.1, -0.05) is 23.4 Å². The van der Waals surface area contributed by atoms with Crippen LogP contribution in [0, 0.1) is 10.1 Å². The van der Waals surface area contributed by atoms with Crippen molar-refractivity contribution in [3.8, 4) is 0 Å². The molecule has 7 heteroatoms. The summed E-state index contributed by atoms with van der Waals surface area (Å²) < 4.78 is 1.16. The van der Waals surface area contributed by atoms with Gasteiger partial charge in [0.2, 0.25) is 0 Å². The van der Waals surface area contributed by atoms with Crippen molar-refractivity contribution in [3.63, 3.8) is 0 Å². The van der Waals surface area contributed by atoms with E-state index in [4.69, 9.17) is 11.6 Å². The van der Waals surface area contributed by atoms with Gasteiger partial charge in [0.1, 0.15) is 0 Å². The van der Waals surface area contributed by atoms with Gasteiger partial charge >= 0.3 is 5.69 Å². The first kappa shape index (κ1) is 14.3. The maximum absolute atomic E-state index is 11.0. The lowest BCUT2D eigenvalue weighted by molar-refractivity contribution is -0.388. The summed E-state index contributed by atoms with van der Waals surface area (Å²) in [6.07, 6.45) is 1.57. The van der Waals surface area contributed by atoms with Crippen LogP contribution < -0.4 is 0 Å². The fourth-order valence-electron chi connectivity index (χ4n) is 1.94. The summed E-state index contributed by atoms with van der Waals surface area (Å²) >= 11 is 9.03. The first-order valence-electron chi connectivity index (χ1n) is 6.03. The number of benzene rings is 1. The van der Waals surface area contributed by atoms with E-state index in [1.165, 1.54) is 17.8 Å². The minimum Gasteiger partial charge on any atom is -0.258 e. The molecule has 0 unspecified atom stereocenters. The lowest BCUT2D eigenvalue weighted by atomic mass is 10.2. The van der Waals surface area contributed by atoms with Crippen LogP contribution in [-0.4, -0.2) is 9.91 Å². The monoisotopic (exact) mass is 336 g/mol. The number of pyridine rings is 1. The van der Waals surface area contributed by atoms with Gasteiger partial charge < -0.3 is 0 Å². The Hall–Kier alpha value is -1.63. The number of fused-ring (bicyclic) bond motifs is 1. The van der Waals surface area contributed by atoms with Crippen LogP contribution >= 0.6 is 34.7 Å². The standard InChI is InChI=1S/C14H9ClN2O2S2/c15-10-3-4-13-11(6-10)9(7-20-13)8-21-14-12(17(18)19)2-1-5-16-14/h1-7H,8H2. The maximum atomic E-state index is 11.0. The molecule has 0 atom stereocenters. The van der Waals surface area contributed by atoms with Gasteiger partial charge in [-0.25, -0.2) is 4.98 Å². The number of thioether (sulfide) groups is 1. The highest BCUT2D eigenvalue weighted by molar-refractivity contribution is 7.98. The first-order valence-corrected chi connectivity index (χ1v) is 8.27. The van der Waals surface area contributed by atoms with Gasteiger partial charge in [0.05, 0.1) is 4.92 Å². The van der Waals surface area contributed by atoms with Gasteiger partial charge in [0.25, 0.3) is 0 Å². The van der Waals surface area contributed by atoms with Gasteiger partial charge in [0.15, 0.2) is 5.03 Å². The summed E-state index contributed by atoms with van der Waals surface area (Å²) in [5.41, 5.74) is 1.16. The fourth-order valence-corrected chi connectivity index (χ4v) is 4.12. The third-order valence-electron chi connectivity index (χ3n) is 2.93. The van der Waals surface area contributed by atoms with E-state index in [1.807, 2.05) is 18.2 Å². The van der Waals surface area contributed by atoms with Crippen molar-refractivity contribution in [3.05, 3.63) is 62.6 Å². The molecule has 2 heterocycles. The summed E-state index contributed by atoms with van der Waals surface area (Å²) in [7, 11) is 0. The van der Waals surface area contributed by atoms with Gasteiger partial charge in [0, 0.05) is 27.7 Å². The summed E-state index contributed by atoms with van der Waals surface area (Å²) in [6.45, 7) is 0. The van der Waals surface area contributed by atoms with Crippen molar-refractivity contribution in [2.75, 3.05) is 0 Å². The second-order valence-corrected chi connectivity index (χ2v) is 6.59. The summed E-state index contributed by atoms with van der Waals surface area (Å²) in [5.74, 6) is 0.623. The van der Waals surface area contributed by atoms with Crippen LogP contribution in [-0.2, 0) is 5.75 Å². The summed E-state index contributed by atoms with van der Waals surface area (Å²) in [5, 5.41) is 15.3. The first-order chi connectivity index (χ1) is 10.1. The van der Waals surface area contributed by atoms with E-state index >= 15 is 0 Å². The van der Waals surface area contributed by atoms with Crippen molar-refractivity contribution >= 4 is 50.5 Å². The second-order valence-electron chi connectivity index (χ2n) is 4.27. The van der Waals surface area contributed by atoms with Gasteiger partial charge in [-0.05, 0) is 40.6 Å². The predicted molar refractivity (Wildman–Crippen MR) is 87.3 cm³/mol. The Morgan fingerprint density at radius 2 is 2.24 bits per heavy atom. The molecular weight excluding hydrogens is 328 g/mol. The molecule has 1 aromatic carbocycles. The SMILES string of the molecule is O=[N+]([O-])c1cccnc1SCc1csc2ccc(Cl)cc12. The van der Waals surface area contributed by atoms with Crippen molar-refractivity contribution < 1.29 is 4.92 Å². The molecule has 106 valence electrons. The molecule has 0 bridgehead atoms. The van der Waals surface area contributed by atoms with E-state index in [0.717, 1.165) is 15.6 Å². The van der Waals surface area contributed by atoms with Crippen molar-refractivity contribution in [1.29, 1.82) is 0 Å². The van der Waals surface area contributed by atoms with E-state index in [9.17, 15) is 10.1 Å². The molecule has 0 spiro atoms. The zero-order valence-corrected chi connectivity index (χ0v) is 13.0. The Labute approximate surface area is 133 Å². The molecule has 0 radical (unpaired) electrons. The molecule has 0 fully saturated rings. The lowest BCUT2D eigenvalue weighted by Gasteiger charge is -2.01. The average Bonchev–Trinajstić information content (AvgIpc) is 2.87. The molecule has 3 aromatic rings. The number of aromatic nitrogens is 1. The van der Waals surface area contributed by atoms with E-state index in [1.54, 1.807) is 23.6 Å². The number of hydrogen-bond acceptors (Lipinski definition) is 5. The van der Waals surface area contributed by atoms with Crippen LogP contribution in [0.2, 0.25) is 5.02 Å². The Morgan fingerprint density at radius 1 is 1.38 bits per heavy atom. The van der Waals surface area contributed by atoms with E-state index in [-0.39, 0.29) is 5.69 Å². The second kappa shape index (κ2) is 6.01.